The first-order chi connectivity index (χ1) is 18.5. The molecule has 6 heteroatoms. The fraction of sp³-hybridized carbons (Fsp3) is 0.531. The van der Waals surface area contributed by atoms with E-state index in [4.69, 9.17) is 5.26 Å². The van der Waals surface area contributed by atoms with E-state index in [1.54, 1.807) is 24.3 Å². The van der Waals surface area contributed by atoms with Gasteiger partial charge in [0.15, 0.2) is 5.78 Å². The smallest absolute Gasteiger partial charge is 0.253 e. The highest BCUT2D eigenvalue weighted by Gasteiger charge is 2.47. The molecule has 3 saturated heterocycles. The van der Waals surface area contributed by atoms with E-state index >= 15 is 0 Å². The van der Waals surface area contributed by atoms with Crippen molar-refractivity contribution < 1.29 is 9.59 Å². The lowest BCUT2D eigenvalue weighted by molar-refractivity contribution is -0.127. The SMILES string of the molecule is N#Cc1ccc(C(=O)N2CCC3(CCN(C(C(=O)CC4CC4)[C@@H]4CNC[C@@H]4c4ccccc4)CC3)C2)cc1. The minimum Gasteiger partial charge on any atom is -0.338 e. The van der Waals surface area contributed by atoms with Crippen LogP contribution in [-0.4, -0.2) is 66.8 Å². The van der Waals surface area contributed by atoms with Crippen molar-refractivity contribution in [3.05, 3.63) is 71.3 Å². The van der Waals surface area contributed by atoms with E-state index in [2.05, 4.69) is 46.6 Å². The van der Waals surface area contributed by atoms with Gasteiger partial charge in [-0.25, -0.2) is 0 Å². The number of Topliss-reactive ketones (excluding diaryl/α,β-unsaturated/α-hetero) is 1. The van der Waals surface area contributed by atoms with Crippen LogP contribution < -0.4 is 5.32 Å². The van der Waals surface area contributed by atoms with Gasteiger partial charge in [0.25, 0.3) is 5.91 Å². The quantitative estimate of drug-likeness (QED) is 0.603. The number of hydrogen-bond donors (Lipinski definition) is 1. The number of amides is 1. The summed E-state index contributed by atoms with van der Waals surface area (Å²) in [6.07, 6.45) is 6.24. The van der Waals surface area contributed by atoms with Crippen molar-refractivity contribution in [2.45, 2.75) is 50.5 Å². The summed E-state index contributed by atoms with van der Waals surface area (Å²) in [6, 6.07) is 19.8. The van der Waals surface area contributed by atoms with E-state index in [0.717, 1.165) is 65.0 Å². The fourth-order valence-electron chi connectivity index (χ4n) is 7.20. The predicted octanol–water partition coefficient (Wildman–Crippen LogP) is 4.23. The maximum absolute atomic E-state index is 13.8. The summed E-state index contributed by atoms with van der Waals surface area (Å²) in [6.45, 7) is 5.26. The molecule has 3 heterocycles. The van der Waals surface area contributed by atoms with E-state index in [1.165, 1.54) is 18.4 Å². The molecule has 1 aliphatic carbocycles. The second-order valence-corrected chi connectivity index (χ2v) is 12.1. The van der Waals surface area contributed by atoms with Crippen LogP contribution >= 0.6 is 0 Å². The van der Waals surface area contributed by atoms with E-state index in [-0.39, 0.29) is 17.4 Å². The monoisotopic (exact) mass is 510 g/mol. The van der Waals surface area contributed by atoms with Crippen molar-refractivity contribution in [2.24, 2.45) is 17.3 Å². The molecule has 3 aliphatic heterocycles. The van der Waals surface area contributed by atoms with E-state index in [1.807, 2.05) is 4.90 Å². The summed E-state index contributed by atoms with van der Waals surface area (Å²) in [7, 11) is 0. The Balaban J connectivity index is 1.14. The van der Waals surface area contributed by atoms with Crippen molar-refractivity contribution in [3.8, 4) is 6.07 Å². The minimum atomic E-state index is -0.0223. The highest BCUT2D eigenvalue weighted by molar-refractivity contribution is 5.94. The van der Waals surface area contributed by atoms with Crippen LogP contribution in [0.15, 0.2) is 54.6 Å². The van der Waals surface area contributed by atoms with Gasteiger partial charge in [-0.05, 0) is 86.4 Å². The number of nitriles is 1. The van der Waals surface area contributed by atoms with Gasteiger partial charge in [-0.2, -0.15) is 5.26 Å². The number of nitrogens with one attached hydrogen (secondary N) is 1. The Morgan fingerprint density at radius 3 is 2.37 bits per heavy atom. The van der Waals surface area contributed by atoms with Gasteiger partial charge in [-0.1, -0.05) is 30.3 Å². The second-order valence-electron chi connectivity index (χ2n) is 12.1. The Morgan fingerprint density at radius 2 is 1.68 bits per heavy atom. The summed E-state index contributed by atoms with van der Waals surface area (Å²) in [5.41, 5.74) is 2.72. The first-order valence-electron chi connectivity index (χ1n) is 14.4. The molecular formula is C32H38N4O2. The zero-order valence-electron chi connectivity index (χ0n) is 22.1. The molecule has 1 amide bonds. The Labute approximate surface area is 226 Å². The maximum Gasteiger partial charge on any atom is 0.253 e. The number of hydrogen-bond acceptors (Lipinski definition) is 5. The topological polar surface area (TPSA) is 76.4 Å². The Morgan fingerprint density at radius 1 is 0.974 bits per heavy atom. The lowest BCUT2D eigenvalue weighted by Crippen LogP contribution is -2.53. The zero-order valence-corrected chi connectivity index (χ0v) is 22.1. The van der Waals surface area contributed by atoms with Gasteiger partial charge in [0, 0.05) is 50.0 Å². The average molecular weight is 511 g/mol. The average Bonchev–Trinajstić information content (AvgIpc) is 3.48. The summed E-state index contributed by atoms with van der Waals surface area (Å²) in [4.78, 5) is 31.4. The van der Waals surface area contributed by atoms with Crippen LogP contribution in [-0.2, 0) is 4.79 Å². The lowest BCUT2D eigenvalue weighted by Gasteiger charge is -2.44. The van der Waals surface area contributed by atoms with Crippen molar-refractivity contribution in [1.29, 1.82) is 5.26 Å². The Bertz CT molecular complexity index is 1190. The van der Waals surface area contributed by atoms with Crippen LogP contribution in [0.4, 0.5) is 0 Å². The molecule has 2 aromatic carbocycles. The van der Waals surface area contributed by atoms with Crippen LogP contribution in [0.1, 0.15) is 65.9 Å². The number of carbonyl (C=O) groups excluding carboxylic acids is 2. The third-order valence-electron chi connectivity index (χ3n) is 9.65. The van der Waals surface area contributed by atoms with Crippen LogP contribution in [0, 0.1) is 28.6 Å². The van der Waals surface area contributed by atoms with E-state index < -0.39 is 0 Å². The highest BCUT2D eigenvalue weighted by atomic mass is 16.2. The number of likely N-dealkylation sites (tertiary alicyclic amines) is 2. The van der Waals surface area contributed by atoms with Crippen LogP contribution in [0.5, 0.6) is 0 Å². The van der Waals surface area contributed by atoms with Crippen LogP contribution in [0.2, 0.25) is 0 Å². The molecule has 4 aliphatic rings. The first kappa shape index (κ1) is 25.3. The lowest BCUT2D eigenvalue weighted by atomic mass is 9.75. The normalized spacial score (nSPS) is 25.8. The van der Waals surface area contributed by atoms with Crippen molar-refractivity contribution in [2.75, 3.05) is 39.3 Å². The number of nitrogens with zero attached hydrogens (tertiary/aromatic N) is 3. The Hall–Kier alpha value is -3.01. The van der Waals surface area contributed by atoms with Crippen LogP contribution in [0.25, 0.3) is 0 Å². The molecule has 1 unspecified atom stereocenters. The third-order valence-corrected chi connectivity index (χ3v) is 9.65. The molecule has 6 nitrogen and oxygen atoms in total. The van der Waals surface area contributed by atoms with Crippen molar-refractivity contribution in [1.82, 2.24) is 15.1 Å². The van der Waals surface area contributed by atoms with Crippen LogP contribution in [0.3, 0.4) is 0 Å². The Kier molecular flexibility index (Phi) is 7.07. The second kappa shape index (κ2) is 10.6. The molecule has 1 saturated carbocycles. The van der Waals surface area contributed by atoms with E-state index in [0.29, 0.717) is 34.7 Å². The summed E-state index contributed by atoms with van der Waals surface area (Å²) < 4.78 is 0. The summed E-state index contributed by atoms with van der Waals surface area (Å²) >= 11 is 0. The zero-order chi connectivity index (χ0) is 26.1. The van der Waals surface area contributed by atoms with E-state index in [9.17, 15) is 9.59 Å². The molecule has 3 atom stereocenters. The fourth-order valence-corrected chi connectivity index (χ4v) is 7.20. The standard InChI is InChI=1S/C32H38N4O2/c33-19-24-8-10-26(11-9-24)31(38)36-17-14-32(22-36)12-15-35(16-13-32)30(29(37)18-23-6-7-23)28-21-34-20-27(28)25-4-2-1-3-5-25/h1-5,8-11,23,27-28,30,34H,6-7,12-18,20-22H2/t27-,28-,30?/m1/s1. The summed E-state index contributed by atoms with van der Waals surface area (Å²) in [5.74, 6) is 1.78. The van der Waals surface area contributed by atoms with Gasteiger partial charge in [0.2, 0.25) is 0 Å². The van der Waals surface area contributed by atoms with Gasteiger partial charge < -0.3 is 10.2 Å². The maximum atomic E-state index is 13.8. The molecule has 38 heavy (non-hydrogen) atoms. The minimum absolute atomic E-state index is 0.0223. The molecule has 0 bridgehead atoms. The van der Waals surface area contributed by atoms with Gasteiger partial charge >= 0.3 is 0 Å². The molecule has 0 radical (unpaired) electrons. The highest BCUT2D eigenvalue weighted by Crippen LogP contribution is 2.44. The number of piperidine rings is 1. The molecular weight excluding hydrogens is 472 g/mol. The molecule has 198 valence electrons. The molecule has 2 aromatic rings. The number of carbonyl (C=O) groups is 2. The molecule has 0 aromatic heterocycles. The van der Waals surface area contributed by atoms with Gasteiger partial charge in [0.1, 0.15) is 0 Å². The molecule has 6 rings (SSSR count). The van der Waals surface area contributed by atoms with Gasteiger partial charge in [-0.15, -0.1) is 0 Å². The predicted molar refractivity (Wildman–Crippen MR) is 147 cm³/mol. The van der Waals surface area contributed by atoms with Crippen molar-refractivity contribution in [3.63, 3.8) is 0 Å². The molecule has 4 fully saturated rings. The molecule has 1 spiro atoms. The molecule has 1 N–H and O–H groups in total. The van der Waals surface area contributed by atoms with Crippen molar-refractivity contribution >= 4 is 11.7 Å². The number of rotatable bonds is 7. The third kappa shape index (κ3) is 5.15. The largest absolute Gasteiger partial charge is 0.338 e. The number of benzene rings is 2. The first-order valence-corrected chi connectivity index (χ1v) is 14.4. The number of ketones is 1. The summed E-state index contributed by atoms with van der Waals surface area (Å²) in [5, 5.41) is 12.7. The van der Waals surface area contributed by atoms with Gasteiger partial charge in [-0.3, -0.25) is 14.5 Å². The van der Waals surface area contributed by atoms with Gasteiger partial charge in [0.05, 0.1) is 17.7 Å².